The normalized spacial score (nSPS) is 18.4. The molecule has 0 aromatic carbocycles. The number of aromatic nitrogens is 1. The Hall–Kier alpha value is -1.30. The summed E-state index contributed by atoms with van der Waals surface area (Å²) in [5.74, 6) is -0.0309. The lowest BCUT2D eigenvalue weighted by Crippen LogP contribution is -2.38. The topological polar surface area (TPSA) is 63.1 Å². The minimum Gasteiger partial charge on any atom is -0.352 e. The molecule has 1 saturated heterocycles. The van der Waals surface area contributed by atoms with Crippen LogP contribution in [0.4, 0.5) is 0 Å². The summed E-state index contributed by atoms with van der Waals surface area (Å²) in [7, 11) is 0. The highest BCUT2D eigenvalue weighted by atomic mass is 79.9. The van der Waals surface area contributed by atoms with Crippen LogP contribution in [0.3, 0.4) is 0 Å². The number of carbonyl (C=O) groups is 2. The van der Waals surface area contributed by atoms with Crippen molar-refractivity contribution < 1.29 is 9.59 Å². The van der Waals surface area contributed by atoms with Gasteiger partial charge in [-0.25, -0.2) is 0 Å². The van der Waals surface area contributed by atoms with Crippen LogP contribution in [0.25, 0.3) is 0 Å². The first-order valence-corrected chi connectivity index (χ1v) is 7.32. The zero-order valence-electron chi connectivity index (χ0n) is 10.9. The molecule has 1 aliphatic heterocycles. The molecule has 19 heavy (non-hydrogen) atoms. The first-order chi connectivity index (χ1) is 9.10. The molecule has 6 heteroatoms. The van der Waals surface area contributed by atoms with Gasteiger partial charge in [-0.15, -0.1) is 0 Å². The summed E-state index contributed by atoms with van der Waals surface area (Å²) in [5.41, 5.74) is 0.651. The van der Waals surface area contributed by atoms with Crippen molar-refractivity contribution in [3.05, 3.63) is 22.4 Å². The molecule has 0 radical (unpaired) electrons. The second-order valence-corrected chi connectivity index (χ2v) is 5.67. The van der Waals surface area contributed by atoms with Gasteiger partial charge in [0, 0.05) is 36.2 Å². The van der Waals surface area contributed by atoms with Gasteiger partial charge in [0.1, 0.15) is 5.69 Å². The molecule has 1 aromatic rings. The Morgan fingerprint density at radius 2 is 2.42 bits per heavy atom. The number of hydrogen-bond acceptors (Lipinski definition) is 2. The van der Waals surface area contributed by atoms with Crippen molar-refractivity contribution in [2.75, 3.05) is 6.54 Å². The molecule has 0 bridgehead atoms. The van der Waals surface area contributed by atoms with E-state index in [0.717, 1.165) is 23.9 Å². The highest BCUT2D eigenvalue weighted by Gasteiger charge is 2.21. The zero-order chi connectivity index (χ0) is 13.8. The zero-order valence-corrected chi connectivity index (χ0v) is 12.5. The largest absolute Gasteiger partial charge is 0.352 e. The third-order valence-electron chi connectivity index (χ3n) is 3.15. The molecule has 1 aromatic heterocycles. The Morgan fingerprint density at radius 3 is 3.05 bits per heavy atom. The molecule has 2 rings (SSSR count). The summed E-state index contributed by atoms with van der Waals surface area (Å²) in [6, 6.07) is 1.88. The van der Waals surface area contributed by atoms with Gasteiger partial charge in [-0.3, -0.25) is 9.59 Å². The molecule has 2 amide bonds. The Labute approximate surface area is 120 Å². The fourth-order valence-corrected chi connectivity index (χ4v) is 2.69. The van der Waals surface area contributed by atoms with Gasteiger partial charge in [0.25, 0.3) is 5.91 Å². The molecule has 1 fully saturated rings. The Morgan fingerprint density at radius 1 is 1.63 bits per heavy atom. The van der Waals surface area contributed by atoms with Gasteiger partial charge >= 0.3 is 0 Å². The van der Waals surface area contributed by atoms with Gasteiger partial charge in [-0.2, -0.15) is 0 Å². The SMILES string of the molecule is CCCn1cc(Br)cc1C(=O)NCC1CCC(=O)N1. The third kappa shape index (κ3) is 3.59. The Bertz CT molecular complexity index is 484. The van der Waals surface area contributed by atoms with Crippen molar-refractivity contribution in [2.24, 2.45) is 0 Å². The van der Waals surface area contributed by atoms with Crippen LogP contribution in [0.1, 0.15) is 36.7 Å². The first kappa shape index (κ1) is 14.1. The van der Waals surface area contributed by atoms with Crippen LogP contribution in [-0.2, 0) is 11.3 Å². The van der Waals surface area contributed by atoms with Crippen LogP contribution in [0, 0.1) is 0 Å². The highest BCUT2D eigenvalue weighted by Crippen LogP contribution is 2.15. The lowest BCUT2D eigenvalue weighted by atomic mass is 10.2. The molecule has 0 saturated carbocycles. The monoisotopic (exact) mass is 327 g/mol. The molecule has 1 unspecified atom stereocenters. The van der Waals surface area contributed by atoms with Crippen LogP contribution < -0.4 is 10.6 Å². The predicted octanol–water partition coefficient (Wildman–Crippen LogP) is 1.67. The molecule has 0 spiro atoms. The van der Waals surface area contributed by atoms with Gasteiger partial charge in [0.15, 0.2) is 0 Å². The summed E-state index contributed by atoms with van der Waals surface area (Å²) in [6.07, 6.45) is 4.23. The van der Waals surface area contributed by atoms with E-state index >= 15 is 0 Å². The third-order valence-corrected chi connectivity index (χ3v) is 3.59. The van der Waals surface area contributed by atoms with E-state index in [1.54, 1.807) is 0 Å². The molecular weight excluding hydrogens is 310 g/mol. The van der Waals surface area contributed by atoms with E-state index in [-0.39, 0.29) is 17.9 Å². The predicted molar refractivity (Wildman–Crippen MR) is 75.9 cm³/mol. The number of rotatable bonds is 5. The number of halogens is 1. The minimum absolute atomic E-state index is 0.0643. The van der Waals surface area contributed by atoms with Crippen molar-refractivity contribution in [3.8, 4) is 0 Å². The second-order valence-electron chi connectivity index (χ2n) is 4.75. The van der Waals surface area contributed by atoms with Crippen LogP contribution in [-0.4, -0.2) is 29.0 Å². The number of nitrogens with zero attached hydrogens (tertiary/aromatic N) is 1. The molecule has 104 valence electrons. The average molecular weight is 328 g/mol. The molecule has 2 heterocycles. The lowest BCUT2D eigenvalue weighted by molar-refractivity contribution is -0.119. The summed E-state index contributed by atoms with van der Waals surface area (Å²) >= 11 is 3.39. The van der Waals surface area contributed by atoms with Gasteiger partial charge < -0.3 is 15.2 Å². The maximum atomic E-state index is 12.1. The van der Waals surface area contributed by atoms with E-state index in [9.17, 15) is 9.59 Å². The van der Waals surface area contributed by atoms with E-state index in [2.05, 4.69) is 33.5 Å². The maximum absolute atomic E-state index is 12.1. The Balaban J connectivity index is 1.94. The summed E-state index contributed by atoms with van der Waals surface area (Å²) < 4.78 is 2.84. The molecule has 1 atom stereocenters. The number of aryl methyl sites for hydroxylation is 1. The van der Waals surface area contributed by atoms with E-state index in [0.29, 0.717) is 18.7 Å². The number of carbonyl (C=O) groups excluding carboxylic acids is 2. The van der Waals surface area contributed by atoms with Crippen molar-refractivity contribution in [3.63, 3.8) is 0 Å². The molecular formula is C13H18BrN3O2. The first-order valence-electron chi connectivity index (χ1n) is 6.53. The van der Waals surface area contributed by atoms with Gasteiger partial charge in [0.05, 0.1) is 0 Å². The summed E-state index contributed by atoms with van der Waals surface area (Å²) in [5, 5.41) is 5.71. The second kappa shape index (κ2) is 6.23. The summed E-state index contributed by atoms with van der Waals surface area (Å²) in [6.45, 7) is 3.37. The van der Waals surface area contributed by atoms with Gasteiger partial charge in [-0.1, -0.05) is 6.92 Å². The molecule has 0 aliphatic carbocycles. The molecule has 5 nitrogen and oxygen atoms in total. The molecule has 2 N–H and O–H groups in total. The number of amides is 2. The summed E-state index contributed by atoms with van der Waals surface area (Å²) in [4.78, 5) is 23.2. The van der Waals surface area contributed by atoms with Crippen LogP contribution in [0.2, 0.25) is 0 Å². The standard InChI is InChI=1S/C13H18BrN3O2/c1-2-5-17-8-9(14)6-11(17)13(19)15-7-10-3-4-12(18)16-10/h6,8,10H,2-5,7H2,1H3,(H,15,19)(H,16,18). The van der Waals surface area contributed by atoms with E-state index < -0.39 is 0 Å². The fourth-order valence-electron chi connectivity index (χ4n) is 2.23. The van der Waals surface area contributed by atoms with Crippen molar-refractivity contribution >= 4 is 27.7 Å². The van der Waals surface area contributed by atoms with Crippen molar-refractivity contribution in [1.82, 2.24) is 15.2 Å². The van der Waals surface area contributed by atoms with Crippen LogP contribution in [0.15, 0.2) is 16.7 Å². The minimum atomic E-state index is -0.0969. The van der Waals surface area contributed by atoms with Gasteiger partial charge in [0.2, 0.25) is 5.91 Å². The quantitative estimate of drug-likeness (QED) is 0.864. The van der Waals surface area contributed by atoms with Crippen LogP contribution in [0.5, 0.6) is 0 Å². The van der Waals surface area contributed by atoms with E-state index in [1.807, 2.05) is 16.8 Å². The van der Waals surface area contributed by atoms with E-state index in [1.165, 1.54) is 0 Å². The number of hydrogen-bond donors (Lipinski definition) is 2. The van der Waals surface area contributed by atoms with E-state index in [4.69, 9.17) is 0 Å². The lowest BCUT2D eigenvalue weighted by Gasteiger charge is -2.12. The van der Waals surface area contributed by atoms with Crippen LogP contribution >= 0.6 is 15.9 Å². The fraction of sp³-hybridized carbons (Fsp3) is 0.538. The van der Waals surface area contributed by atoms with Crippen molar-refractivity contribution in [1.29, 1.82) is 0 Å². The van der Waals surface area contributed by atoms with Crippen molar-refractivity contribution in [2.45, 2.75) is 38.8 Å². The maximum Gasteiger partial charge on any atom is 0.268 e. The smallest absolute Gasteiger partial charge is 0.268 e. The highest BCUT2D eigenvalue weighted by molar-refractivity contribution is 9.10. The average Bonchev–Trinajstić information content (AvgIpc) is 2.93. The Kier molecular flexibility index (Phi) is 4.63. The van der Waals surface area contributed by atoms with Gasteiger partial charge in [-0.05, 0) is 34.8 Å². The number of nitrogens with one attached hydrogen (secondary N) is 2. The molecule has 1 aliphatic rings.